The predicted molar refractivity (Wildman–Crippen MR) is 62.3 cm³/mol. The fourth-order valence-corrected chi connectivity index (χ4v) is 1.22. The number of terminal acetylenes is 1. The molecule has 0 aliphatic rings. The Morgan fingerprint density at radius 3 is 2.31 bits per heavy atom. The number of rotatable bonds is 7. The summed E-state index contributed by atoms with van der Waals surface area (Å²) in [6, 6.07) is 0. The van der Waals surface area contributed by atoms with E-state index in [-0.39, 0.29) is 12.4 Å². The molecule has 0 aromatic carbocycles. The summed E-state index contributed by atoms with van der Waals surface area (Å²) in [5.74, 6) is 2.65. The van der Waals surface area contributed by atoms with Crippen molar-refractivity contribution in [3.8, 4) is 12.3 Å². The van der Waals surface area contributed by atoms with Gasteiger partial charge in [-0.1, -0.05) is 38.5 Å². The predicted octanol–water partition coefficient (Wildman–Crippen LogP) is 2.94. The van der Waals surface area contributed by atoms with Crippen LogP contribution in [0.5, 0.6) is 0 Å². The third kappa shape index (κ3) is 11.8. The van der Waals surface area contributed by atoms with Gasteiger partial charge in [0.2, 0.25) is 0 Å². The van der Waals surface area contributed by atoms with Gasteiger partial charge >= 0.3 is 0 Å². The number of unbranched alkanes of at least 4 members (excludes halogenated alkanes) is 4. The van der Waals surface area contributed by atoms with Gasteiger partial charge < -0.3 is 0 Å². The molecule has 0 unspecified atom stereocenters. The summed E-state index contributed by atoms with van der Waals surface area (Å²) in [5, 5.41) is 0. The molecule has 0 heterocycles. The van der Waals surface area contributed by atoms with Gasteiger partial charge in [0.05, 0.1) is 6.54 Å². The first kappa shape index (κ1) is 15.3. The highest BCUT2D eigenvalue weighted by atomic mass is 35.5. The smallest absolute Gasteiger partial charge is 0.0596 e. The highest BCUT2D eigenvalue weighted by molar-refractivity contribution is 5.85. The van der Waals surface area contributed by atoms with Crippen LogP contribution in [0, 0.1) is 12.3 Å². The molecular formula is C11H22ClN. The molecule has 0 aliphatic carbocycles. The van der Waals surface area contributed by atoms with E-state index in [1.807, 2.05) is 0 Å². The van der Waals surface area contributed by atoms with Crippen molar-refractivity contribution in [3.05, 3.63) is 0 Å². The van der Waals surface area contributed by atoms with Gasteiger partial charge in [-0.05, 0) is 20.0 Å². The molecule has 0 spiro atoms. The average molecular weight is 204 g/mol. The van der Waals surface area contributed by atoms with E-state index in [0.29, 0.717) is 0 Å². The van der Waals surface area contributed by atoms with Crippen molar-refractivity contribution in [3.63, 3.8) is 0 Å². The van der Waals surface area contributed by atoms with Crippen molar-refractivity contribution < 1.29 is 0 Å². The number of hydrogen-bond acceptors (Lipinski definition) is 1. The van der Waals surface area contributed by atoms with Gasteiger partial charge in [-0.15, -0.1) is 18.8 Å². The minimum atomic E-state index is 0. The summed E-state index contributed by atoms with van der Waals surface area (Å²) in [4.78, 5) is 2.20. The van der Waals surface area contributed by atoms with E-state index in [1.54, 1.807) is 0 Å². The lowest BCUT2D eigenvalue weighted by Gasteiger charge is -2.12. The molecule has 0 saturated heterocycles. The Hall–Kier alpha value is -0.190. The van der Waals surface area contributed by atoms with Crippen LogP contribution in [-0.2, 0) is 0 Å². The maximum Gasteiger partial charge on any atom is 0.0596 e. The van der Waals surface area contributed by atoms with Gasteiger partial charge in [0.15, 0.2) is 0 Å². The molecule has 0 N–H and O–H groups in total. The number of hydrogen-bond donors (Lipinski definition) is 0. The molecule has 0 rings (SSSR count). The summed E-state index contributed by atoms with van der Waals surface area (Å²) in [7, 11) is 2.08. The molecule has 0 fully saturated rings. The summed E-state index contributed by atoms with van der Waals surface area (Å²) in [6.45, 7) is 4.17. The zero-order valence-electron chi connectivity index (χ0n) is 8.88. The first-order valence-corrected chi connectivity index (χ1v) is 4.93. The van der Waals surface area contributed by atoms with Gasteiger partial charge in [0.1, 0.15) is 0 Å². The highest BCUT2D eigenvalue weighted by Gasteiger charge is 1.94. The molecule has 0 radical (unpaired) electrons. The second-order valence-corrected chi connectivity index (χ2v) is 3.36. The Morgan fingerprint density at radius 2 is 1.77 bits per heavy atom. The quantitative estimate of drug-likeness (QED) is 0.454. The third-order valence-electron chi connectivity index (χ3n) is 2.00. The minimum absolute atomic E-state index is 0. The van der Waals surface area contributed by atoms with E-state index in [2.05, 4.69) is 24.8 Å². The van der Waals surface area contributed by atoms with Gasteiger partial charge in [-0.2, -0.15) is 0 Å². The van der Waals surface area contributed by atoms with Crippen molar-refractivity contribution in [2.45, 2.75) is 39.0 Å². The van der Waals surface area contributed by atoms with Crippen LogP contribution in [0.3, 0.4) is 0 Å². The van der Waals surface area contributed by atoms with E-state index in [9.17, 15) is 0 Å². The van der Waals surface area contributed by atoms with Crippen LogP contribution in [0.4, 0.5) is 0 Å². The van der Waals surface area contributed by atoms with Gasteiger partial charge in [0, 0.05) is 0 Å². The molecule has 0 aromatic heterocycles. The zero-order valence-corrected chi connectivity index (χ0v) is 9.70. The van der Waals surface area contributed by atoms with Crippen LogP contribution in [0.1, 0.15) is 39.0 Å². The van der Waals surface area contributed by atoms with Crippen molar-refractivity contribution in [2.75, 3.05) is 20.1 Å². The van der Waals surface area contributed by atoms with E-state index in [1.165, 1.54) is 32.1 Å². The molecular weight excluding hydrogens is 182 g/mol. The van der Waals surface area contributed by atoms with Crippen molar-refractivity contribution in [2.24, 2.45) is 0 Å². The normalized spacial score (nSPS) is 9.38. The summed E-state index contributed by atoms with van der Waals surface area (Å²) in [5.41, 5.74) is 0. The molecule has 1 nitrogen and oxygen atoms in total. The summed E-state index contributed by atoms with van der Waals surface area (Å²) < 4.78 is 0. The second kappa shape index (κ2) is 11.8. The largest absolute Gasteiger partial charge is 0.295 e. The molecule has 0 bridgehead atoms. The van der Waals surface area contributed by atoms with Crippen LogP contribution in [-0.4, -0.2) is 25.0 Å². The fraction of sp³-hybridized carbons (Fsp3) is 0.818. The lowest BCUT2D eigenvalue weighted by atomic mass is 10.1. The Kier molecular flexibility index (Phi) is 13.9. The van der Waals surface area contributed by atoms with Crippen molar-refractivity contribution in [1.29, 1.82) is 0 Å². The van der Waals surface area contributed by atoms with Gasteiger partial charge in [0.25, 0.3) is 0 Å². The first-order valence-electron chi connectivity index (χ1n) is 4.93. The Balaban J connectivity index is 0. The lowest BCUT2D eigenvalue weighted by molar-refractivity contribution is 0.361. The molecule has 13 heavy (non-hydrogen) atoms. The summed E-state index contributed by atoms with van der Waals surface area (Å²) >= 11 is 0. The Labute approximate surface area is 89.3 Å². The average Bonchev–Trinajstić information content (AvgIpc) is 2.05. The van der Waals surface area contributed by atoms with Crippen molar-refractivity contribution in [1.82, 2.24) is 4.90 Å². The molecule has 78 valence electrons. The van der Waals surface area contributed by atoms with Crippen LogP contribution in [0.2, 0.25) is 0 Å². The maximum atomic E-state index is 5.19. The Bertz CT molecular complexity index is 129. The van der Waals surface area contributed by atoms with E-state index in [0.717, 1.165) is 13.1 Å². The van der Waals surface area contributed by atoms with Crippen LogP contribution in [0.25, 0.3) is 0 Å². The third-order valence-corrected chi connectivity index (χ3v) is 2.00. The van der Waals surface area contributed by atoms with Gasteiger partial charge in [-0.3, -0.25) is 4.90 Å². The second-order valence-electron chi connectivity index (χ2n) is 3.36. The molecule has 0 saturated carbocycles. The number of halogens is 1. The zero-order chi connectivity index (χ0) is 9.23. The van der Waals surface area contributed by atoms with E-state index < -0.39 is 0 Å². The van der Waals surface area contributed by atoms with Crippen molar-refractivity contribution >= 4 is 12.4 Å². The minimum Gasteiger partial charge on any atom is -0.295 e. The van der Waals surface area contributed by atoms with Crippen LogP contribution in [0.15, 0.2) is 0 Å². The molecule has 0 amide bonds. The first-order chi connectivity index (χ1) is 5.81. The van der Waals surface area contributed by atoms with Gasteiger partial charge in [-0.25, -0.2) is 0 Å². The lowest BCUT2D eigenvalue weighted by Crippen LogP contribution is -2.19. The van der Waals surface area contributed by atoms with Crippen LogP contribution < -0.4 is 0 Å². The monoisotopic (exact) mass is 203 g/mol. The maximum absolute atomic E-state index is 5.19. The van der Waals surface area contributed by atoms with E-state index >= 15 is 0 Å². The number of nitrogens with zero attached hydrogens (tertiary/aromatic N) is 1. The highest BCUT2D eigenvalue weighted by Crippen LogP contribution is 2.02. The standard InChI is InChI=1S/C11H21N.ClH/c1-4-6-7-8-9-11-12(3)10-5-2;/h2H,4,6-11H2,1,3H3;1H. The fourth-order valence-electron chi connectivity index (χ4n) is 1.22. The SMILES string of the molecule is C#CCN(C)CCCCCCC.Cl. The summed E-state index contributed by atoms with van der Waals surface area (Å²) in [6.07, 6.45) is 11.9. The van der Waals surface area contributed by atoms with E-state index in [4.69, 9.17) is 6.42 Å². The topological polar surface area (TPSA) is 3.24 Å². The molecule has 0 atom stereocenters. The van der Waals surface area contributed by atoms with Crippen LogP contribution >= 0.6 is 12.4 Å². The molecule has 0 aliphatic heterocycles. The Morgan fingerprint density at radius 1 is 1.15 bits per heavy atom. The molecule has 0 aromatic rings. The molecule has 2 heteroatoms.